The molecule has 1 aliphatic rings. The molecule has 1 heterocycles. The molecule has 0 spiro atoms. The fourth-order valence-corrected chi connectivity index (χ4v) is 2.47. The third-order valence-corrected chi connectivity index (χ3v) is 4.01. The number of urea groups is 1. The van der Waals surface area contributed by atoms with Crippen LogP contribution >= 0.6 is 0 Å². The van der Waals surface area contributed by atoms with Crippen LogP contribution in [0.4, 0.5) is 9.18 Å². The van der Waals surface area contributed by atoms with E-state index in [4.69, 9.17) is 26.7 Å². The molecule has 0 radical (unpaired) electrons. The van der Waals surface area contributed by atoms with Crippen molar-refractivity contribution in [1.82, 2.24) is 15.1 Å². The van der Waals surface area contributed by atoms with Crippen LogP contribution in [0.2, 0.25) is 0 Å². The second-order valence-corrected chi connectivity index (χ2v) is 6.95. The first-order chi connectivity index (χ1) is 21.2. The molecule has 3 rings (SSSR count). The molecule has 0 atom stereocenters. The molecule has 1 saturated heterocycles. The smallest absolute Gasteiger partial charge is 0.318 e. The van der Waals surface area contributed by atoms with Gasteiger partial charge in [0.25, 0.3) is 0 Å². The van der Waals surface area contributed by atoms with E-state index in [-0.39, 0.29) is 4.90 Å². The molecule has 0 unspecified atom stereocenters. The van der Waals surface area contributed by atoms with Crippen molar-refractivity contribution in [3.05, 3.63) is 65.3 Å². The third kappa shape index (κ3) is 7.24. The topological polar surface area (TPSA) is 44.8 Å². The van der Waals surface area contributed by atoms with Crippen molar-refractivity contribution in [2.24, 2.45) is 5.92 Å². The van der Waals surface area contributed by atoms with E-state index in [1.54, 1.807) is 0 Å². The standard InChI is InChI=1S/C25H34FN3O2/c1-19(2)18-31-24-10-6-20(7-11-24)16-27-25(30)29(23-12-14-28(3)15-13-23)17-21-4-8-22(26)9-5-21/h4-11,19,23H,12-18H2,1-3H3,(H,27,30)/i4D,5D,6D,7D,8D,9D,10D,11D,14D2,15D2,17D2,18D2. The van der Waals surface area contributed by atoms with E-state index in [9.17, 15) is 9.18 Å². The molecule has 0 saturated carbocycles. The quantitative estimate of drug-likeness (QED) is 0.645. The minimum absolute atomic E-state index is 0.281. The summed E-state index contributed by atoms with van der Waals surface area (Å²) in [5.74, 6) is -3.02. The van der Waals surface area contributed by atoms with E-state index >= 15 is 0 Å². The fourth-order valence-electron chi connectivity index (χ4n) is 2.47. The highest BCUT2D eigenvalue weighted by atomic mass is 19.1. The number of nitrogens with zero attached hydrogens (tertiary/aromatic N) is 2. The molecule has 0 aromatic heterocycles. The van der Waals surface area contributed by atoms with Gasteiger partial charge in [-0.3, -0.25) is 0 Å². The summed E-state index contributed by atoms with van der Waals surface area (Å²) in [7, 11) is 1.14. The first-order valence-corrected chi connectivity index (χ1v) is 9.58. The number of ether oxygens (including phenoxy) is 1. The molecule has 0 bridgehead atoms. The van der Waals surface area contributed by atoms with Crippen molar-refractivity contribution in [2.75, 3.05) is 26.6 Å². The molecule has 2 aromatic carbocycles. The maximum atomic E-state index is 14.4. The number of halogens is 1. The lowest BCUT2D eigenvalue weighted by Gasteiger charge is -2.37. The van der Waals surface area contributed by atoms with E-state index in [1.165, 1.54) is 13.8 Å². The summed E-state index contributed by atoms with van der Waals surface area (Å²) in [4.78, 5) is 14.9. The van der Waals surface area contributed by atoms with Crippen LogP contribution in [0.15, 0.2) is 48.3 Å². The lowest BCUT2D eigenvalue weighted by molar-refractivity contribution is 0.127. The van der Waals surface area contributed by atoms with Gasteiger partial charge >= 0.3 is 6.03 Å². The Bertz CT molecular complexity index is 1500. The van der Waals surface area contributed by atoms with E-state index in [1.807, 2.05) is 0 Å². The number of carbonyl (C=O) groups excluding carboxylic acids is 1. The third-order valence-electron chi connectivity index (χ3n) is 4.01. The Labute approximate surface area is 207 Å². The molecule has 168 valence electrons. The number of hydrogen-bond acceptors (Lipinski definition) is 3. The summed E-state index contributed by atoms with van der Waals surface area (Å²) in [5.41, 5.74) is -1.53. The van der Waals surface area contributed by atoms with E-state index < -0.39 is 134 Å². The summed E-state index contributed by atoms with van der Waals surface area (Å²) < 4.78 is 152. The predicted molar refractivity (Wildman–Crippen MR) is 121 cm³/mol. The molecular weight excluding hydrogens is 393 g/mol. The maximum absolute atomic E-state index is 14.4. The molecule has 0 aliphatic carbocycles. The zero-order chi connectivity index (χ0) is 36.4. The van der Waals surface area contributed by atoms with Gasteiger partial charge in [-0.2, -0.15) is 0 Å². The highest BCUT2D eigenvalue weighted by molar-refractivity contribution is 5.74. The van der Waals surface area contributed by atoms with E-state index in [0.29, 0.717) is 0 Å². The SMILES string of the molecule is [2H]c1c([2H])c(C([2H])([2H])N(C(=O)NCc2c([2H])c([2H])c(OC([2H])([2H])C(C)C)c([2H])c2[2H])C2CC([2H])([2H])N(C)C([2H])([2H])C2)c([2H])c([2H])c1F. The van der Waals surface area contributed by atoms with Crippen LogP contribution in [0.5, 0.6) is 5.75 Å². The number of carbonyl (C=O) groups is 1. The summed E-state index contributed by atoms with van der Waals surface area (Å²) in [6, 6.07) is -11.0. The highest BCUT2D eigenvalue weighted by Gasteiger charge is 2.27. The van der Waals surface area contributed by atoms with Crippen LogP contribution < -0.4 is 10.1 Å². The number of nitrogens with one attached hydrogen (secondary N) is 1. The summed E-state index contributed by atoms with van der Waals surface area (Å²) in [6.45, 7) is -8.55. The molecule has 5 nitrogen and oxygen atoms in total. The zero-order valence-electron chi connectivity index (χ0n) is 33.4. The first-order valence-electron chi connectivity index (χ1n) is 17.6. The Morgan fingerprint density at radius 2 is 1.84 bits per heavy atom. The highest BCUT2D eigenvalue weighted by Crippen LogP contribution is 2.19. The van der Waals surface area contributed by atoms with Crippen LogP contribution in [-0.4, -0.2) is 48.5 Å². The van der Waals surface area contributed by atoms with Crippen LogP contribution in [0, 0.1) is 11.7 Å². The molecule has 2 amide bonds. The number of piperidine rings is 1. The molecule has 1 aliphatic heterocycles. The second-order valence-electron chi connectivity index (χ2n) is 6.95. The monoisotopic (exact) mass is 443 g/mol. The second kappa shape index (κ2) is 11.1. The van der Waals surface area contributed by atoms with Gasteiger partial charge in [-0.05, 0) is 74.1 Å². The zero-order valence-corrected chi connectivity index (χ0v) is 17.4. The maximum Gasteiger partial charge on any atom is 0.318 e. The Balaban J connectivity index is 2.15. The minimum Gasteiger partial charge on any atom is -0.493 e. The molecule has 31 heavy (non-hydrogen) atoms. The molecule has 1 N–H and O–H groups in total. The van der Waals surface area contributed by atoms with Crippen LogP contribution in [0.3, 0.4) is 0 Å². The van der Waals surface area contributed by atoms with E-state index in [2.05, 4.69) is 5.32 Å². The van der Waals surface area contributed by atoms with Gasteiger partial charge in [-0.15, -0.1) is 0 Å². The van der Waals surface area contributed by atoms with Crippen molar-refractivity contribution in [1.29, 1.82) is 0 Å². The predicted octanol–water partition coefficient (Wildman–Crippen LogP) is 4.67. The van der Waals surface area contributed by atoms with Gasteiger partial charge in [-0.25, -0.2) is 9.18 Å². The largest absolute Gasteiger partial charge is 0.493 e. The number of benzene rings is 2. The molecular formula is C25H34FN3O2. The van der Waals surface area contributed by atoms with Crippen LogP contribution in [0.25, 0.3) is 0 Å². The van der Waals surface area contributed by atoms with Gasteiger partial charge in [0.2, 0.25) is 0 Å². The summed E-state index contributed by atoms with van der Waals surface area (Å²) >= 11 is 0. The van der Waals surface area contributed by atoms with Crippen molar-refractivity contribution in [2.45, 2.75) is 45.8 Å². The number of amides is 2. The first kappa shape index (κ1) is 9.90. The van der Waals surface area contributed by atoms with Gasteiger partial charge < -0.3 is 19.9 Å². The van der Waals surface area contributed by atoms with Crippen molar-refractivity contribution in [3.63, 3.8) is 0 Å². The van der Waals surface area contributed by atoms with Gasteiger partial charge in [-0.1, -0.05) is 38.0 Å². The lowest BCUT2D eigenvalue weighted by atomic mass is 10.0. The number of rotatable bonds is 8. The lowest BCUT2D eigenvalue weighted by Crippen LogP contribution is -2.49. The van der Waals surface area contributed by atoms with E-state index in [0.717, 1.165) is 11.9 Å². The normalized spacial score (nSPS) is 26.7. The van der Waals surface area contributed by atoms with Gasteiger partial charge in [0.1, 0.15) is 11.6 Å². The van der Waals surface area contributed by atoms with Crippen molar-refractivity contribution >= 4 is 6.03 Å². The Morgan fingerprint density at radius 1 is 1.23 bits per heavy atom. The summed E-state index contributed by atoms with van der Waals surface area (Å²) in [6.07, 6.45) is -1.41. The van der Waals surface area contributed by atoms with Gasteiger partial charge in [0.15, 0.2) is 0 Å². The van der Waals surface area contributed by atoms with Crippen LogP contribution in [0.1, 0.15) is 59.7 Å². The average Bonchev–Trinajstić information content (AvgIpc) is 2.94. The summed E-state index contributed by atoms with van der Waals surface area (Å²) in [5, 5.41) is 2.22. The van der Waals surface area contributed by atoms with Crippen molar-refractivity contribution < 1.29 is 35.9 Å². The van der Waals surface area contributed by atoms with Crippen molar-refractivity contribution in [3.8, 4) is 5.75 Å². The Hall–Kier alpha value is -2.60. The van der Waals surface area contributed by atoms with Crippen LogP contribution in [-0.2, 0) is 13.0 Å². The Morgan fingerprint density at radius 3 is 2.45 bits per heavy atom. The average molecular weight is 444 g/mol. The van der Waals surface area contributed by atoms with Gasteiger partial charge in [0, 0.05) is 24.6 Å². The minimum atomic E-state index is -3.36. The number of likely N-dealkylation sites (tertiary alicyclic amines) is 1. The molecule has 6 heteroatoms. The molecule has 1 fully saturated rings. The van der Waals surface area contributed by atoms with Gasteiger partial charge in [0.05, 0.1) is 23.0 Å². The molecule has 2 aromatic rings. The Kier molecular flexibility index (Phi) is 3.56. The fraction of sp³-hybridized carbons (Fsp3) is 0.480. The number of hydrogen-bond donors (Lipinski definition) is 1.